The average molecular weight is 432 g/mol. The van der Waals surface area contributed by atoms with Gasteiger partial charge in [-0.3, -0.25) is 19.7 Å². The highest BCUT2D eigenvalue weighted by Crippen LogP contribution is 2.36. The topological polar surface area (TPSA) is 123 Å². The van der Waals surface area contributed by atoms with Crippen LogP contribution in [0.25, 0.3) is 11.0 Å². The van der Waals surface area contributed by atoms with Crippen LogP contribution in [0, 0.1) is 0 Å². The zero-order valence-electron chi connectivity index (χ0n) is 17.7. The van der Waals surface area contributed by atoms with Crippen LogP contribution in [0.4, 0.5) is 16.3 Å². The number of aryl methyl sites for hydroxylation is 1. The van der Waals surface area contributed by atoms with E-state index in [1.807, 2.05) is 31.3 Å². The van der Waals surface area contributed by atoms with E-state index in [2.05, 4.69) is 35.9 Å². The fourth-order valence-electron chi connectivity index (χ4n) is 4.15. The lowest BCUT2D eigenvalue weighted by Gasteiger charge is -2.13. The summed E-state index contributed by atoms with van der Waals surface area (Å²) < 4.78 is 7.39. The molecule has 0 spiro atoms. The van der Waals surface area contributed by atoms with Gasteiger partial charge in [0.1, 0.15) is 17.1 Å². The smallest absolute Gasteiger partial charge is 0.407 e. The van der Waals surface area contributed by atoms with Crippen molar-refractivity contribution in [1.29, 1.82) is 0 Å². The van der Waals surface area contributed by atoms with Crippen molar-refractivity contribution in [2.45, 2.75) is 37.8 Å². The molecule has 4 aromatic rings. The fraction of sp³-hybridized carbons (Fsp3) is 0.318. The molecule has 3 N–H and O–H groups in total. The molecule has 0 saturated heterocycles. The van der Waals surface area contributed by atoms with Crippen molar-refractivity contribution in [3.63, 3.8) is 0 Å². The first-order chi connectivity index (χ1) is 15.7. The van der Waals surface area contributed by atoms with Crippen molar-refractivity contribution in [3.8, 4) is 0 Å². The summed E-state index contributed by atoms with van der Waals surface area (Å²) in [7, 11) is 1.89. The zero-order chi connectivity index (χ0) is 21.9. The van der Waals surface area contributed by atoms with Crippen LogP contribution in [0.1, 0.15) is 36.4 Å². The quantitative estimate of drug-likeness (QED) is 0.427. The third-order valence-electron chi connectivity index (χ3n) is 5.75. The second-order valence-corrected chi connectivity index (χ2v) is 7.95. The lowest BCUT2D eigenvalue weighted by atomic mass is 10.0. The molecule has 1 aliphatic rings. The highest BCUT2D eigenvalue weighted by molar-refractivity contribution is 5.89. The van der Waals surface area contributed by atoms with Crippen LogP contribution in [-0.2, 0) is 18.3 Å². The highest BCUT2D eigenvalue weighted by atomic mass is 16.6. The van der Waals surface area contributed by atoms with Crippen LogP contribution >= 0.6 is 0 Å². The number of rotatable bonds is 6. The molecular formula is C22H24N8O2. The Morgan fingerprint density at radius 2 is 2.22 bits per heavy atom. The minimum absolute atomic E-state index is 0.108. The number of aromatic nitrogens is 6. The first kappa shape index (κ1) is 20.0. The molecule has 32 heavy (non-hydrogen) atoms. The molecule has 1 fully saturated rings. The van der Waals surface area contributed by atoms with Gasteiger partial charge >= 0.3 is 6.09 Å². The van der Waals surface area contributed by atoms with Gasteiger partial charge in [-0.25, -0.2) is 4.79 Å². The standard InChI is InChI=1S/C22H24N8O2/c1-30-21-17(6-8-24-19(21)13-26-30)27-20-10-18(28-29-20)15-4-5-16(9-15)32-22(31)25-12-14-3-2-7-23-11-14/h2-3,6-8,10-11,13,15-16H,4-5,9,12H2,1H3,(H,25,31)(H2,24,27,28,29). The molecule has 1 saturated carbocycles. The van der Waals surface area contributed by atoms with Gasteiger partial charge in [-0.1, -0.05) is 6.07 Å². The van der Waals surface area contributed by atoms with Crippen LogP contribution in [0.5, 0.6) is 0 Å². The molecule has 10 heteroatoms. The minimum atomic E-state index is -0.399. The van der Waals surface area contributed by atoms with Gasteiger partial charge in [0.2, 0.25) is 0 Å². The Hall–Kier alpha value is -3.95. The van der Waals surface area contributed by atoms with Gasteiger partial charge in [0, 0.05) is 49.9 Å². The number of fused-ring (bicyclic) bond motifs is 1. The zero-order valence-corrected chi connectivity index (χ0v) is 17.7. The molecule has 4 aromatic heterocycles. The van der Waals surface area contributed by atoms with Crippen molar-refractivity contribution in [3.05, 3.63) is 60.3 Å². The van der Waals surface area contributed by atoms with Crippen molar-refractivity contribution >= 4 is 28.6 Å². The molecule has 2 unspecified atom stereocenters. The number of aromatic amines is 1. The van der Waals surface area contributed by atoms with Crippen molar-refractivity contribution in [2.75, 3.05) is 5.32 Å². The van der Waals surface area contributed by atoms with Gasteiger partial charge in [0.15, 0.2) is 5.82 Å². The Kier molecular flexibility index (Phi) is 5.40. The van der Waals surface area contributed by atoms with E-state index in [0.29, 0.717) is 6.54 Å². The number of carbonyl (C=O) groups excluding carboxylic acids is 1. The number of alkyl carbamates (subject to hydrolysis) is 1. The maximum atomic E-state index is 12.1. The predicted molar refractivity (Wildman–Crippen MR) is 118 cm³/mol. The first-order valence-electron chi connectivity index (χ1n) is 10.6. The number of anilines is 2. The van der Waals surface area contributed by atoms with Crippen LogP contribution in [0.2, 0.25) is 0 Å². The number of hydrogen-bond donors (Lipinski definition) is 3. The van der Waals surface area contributed by atoms with Gasteiger partial charge in [0.05, 0.1) is 11.9 Å². The van der Waals surface area contributed by atoms with Gasteiger partial charge < -0.3 is 15.4 Å². The van der Waals surface area contributed by atoms with E-state index in [1.165, 1.54) is 0 Å². The predicted octanol–water partition coefficient (Wildman–Crippen LogP) is 3.39. The molecule has 4 heterocycles. The number of nitrogens with one attached hydrogen (secondary N) is 3. The molecule has 0 bridgehead atoms. The number of pyridine rings is 2. The van der Waals surface area contributed by atoms with E-state index in [1.54, 1.807) is 29.5 Å². The lowest BCUT2D eigenvalue weighted by molar-refractivity contribution is 0.0996. The molecule has 1 aliphatic carbocycles. The second kappa shape index (κ2) is 8.66. The largest absolute Gasteiger partial charge is 0.446 e. The molecule has 0 aromatic carbocycles. The summed E-state index contributed by atoms with van der Waals surface area (Å²) in [4.78, 5) is 20.5. The molecule has 10 nitrogen and oxygen atoms in total. The Labute approximate surface area is 184 Å². The molecular weight excluding hydrogens is 408 g/mol. The molecule has 0 aliphatic heterocycles. The van der Waals surface area contributed by atoms with E-state index in [0.717, 1.165) is 53.1 Å². The highest BCUT2D eigenvalue weighted by Gasteiger charge is 2.30. The van der Waals surface area contributed by atoms with Crippen molar-refractivity contribution in [1.82, 2.24) is 35.3 Å². The summed E-state index contributed by atoms with van der Waals surface area (Å²) in [5, 5.41) is 17.9. The number of hydrogen-bond acceptors (Lipinski definition) is 7. The van der Waals surface area contributed by atoms with E-state index < -0.39 is 6.09 Å². The van der Waals surface area contributed by atoms with E-state index in [9.17, 15) is 4.79 Å². The normalized spacial score (nSPS) is 18.0. The summed E-state index contributed by atoms with van der Waals surface area (Å²) in [5.41, 5.74) is 4.61. The third-order valence-corrected chi connectivity index (χ3v) is 5.75. The Morgan fingerprint density at radius 1 is 1.28 bits per heavy atom. The van der Waals surface area contributed by atoms with Crippen LogP contribution in [-0.4, -0.2) is 42.1 Å². The number of nitrogens with zero attached hydrogens (tertiary/aromatic N) is 5. The van der Waals surface area contributed by atoms with Crippen LogP contribution in [0.15, 0.2) is 49.1 Å². The van der Waals surface area contributed by atoms with Gasteiger partial charge in [-0.15, -0.1) is 0 Å². The number of amides is 1. The van der Waals surface area contributed by atoms with Gasteiger partial charge in [-0.05, 0) is 37.0 Å². The summed E-state index contributed by atoms with van der Waals surface area (Å²) in [6.45, 7) is 0.400. The molecule has 0 radical (unpaired) electrons. The van der Waals surface area contributed by atoms with Gasteiger partial charge in [-0.2, -0.15) is 10.2 Å². The van der Waals surface area contributed by atoms with Crippen LogP contribution < -0.4 is 10.6 Å². The Morgan fingerprint density at radius 3 is 3.09 bits per heavy atom. The fourth-order valence-corrected chi connectivity index (χ4v) is 4.15. The number of ether oxygens (including phenoxy) is 1. The maximum absolute atomic E-state index is 12.1. The van der Waals surface area contributed by atoms with Crippen molar-refractivity contribution < 1.29 is 9.53 Å². The summed E-state index contributed by atoms with van der Waals surface area (Å²) >= 11 is 0. The summed E-state index contributed by atoms with van der Waals surface area (Å²) in [6, 6.07) is 7.67. The third kappa shape index (κ3) is 4.25. The monoisotopic (exact) mass is 432 g/mol. The second-order valence-electron chi connectivity index (χ2n) is 7.95. The van der Waals surface area contributed by atoms with E-state index in [-0.39, 0.29) is 12.0 Å². The average Bonchev–Trinajstić information content (AvgIpc) is 3.54. The Bertz CT molecular complexity index is 1220. The maximum Gasteiger partial charge on any atom is 0.407 e. The van der Waals surface area contributed by atoms with Crippen molar-refractivity contribution in [2.24, 2.45) is 7.05 Å². The summed E-state index contributed by atoms with van der Waals surface area (Å²) in [6.07, 6.45) is 8.93. The van der Waals surface area contributed by atoms with E-state index in [4.69, 9.17) is 4.74 Å². The molecule has 2 atom stereocenters. The first-order valence-corrected chi connectivity index (χ1v) is 10.6. The van der Waals surface area contributed by atoms with E-state index >= 15 is 0 Å². The minimum Gasteiger partial charge on any atom is -0.446 e. The lowest BCUT2D eigenvalue weighted by Crippen LogP contribution is -2.27. The molecule has 1 amide bonds. The van der Waals surface area contributed by atoms with Crippen LogP contribution in [0.3, 0.4) is 0 Å². The number of carbonyl (C=O) groups is 1. The van der Waals surface area contributed by atoms with Gasteiger partial charge in [0.25, 0.3) is 0 Å². The SMILES string of the molecule is Cn1ncc2nccc(Nc3cc(C4CCC(OC(=O)NCc5cccnc5)C4)[nH]n3)c21. The Balaban J connectivity index is 1.16. The number of H-pyrrole nitrogens is 1. The molecule has 5 rings (SSSR count). The summed E-state index contributed by atoms with van der Waals surface area (Å²) in [5.74, 6) is 0.996. The molecule has 164 valence electrons.